The van der Waals surface area contributed by atoms with Gasteiger partial charge in [0.25, 0.3) is 0 Å². The van der Waals surface area contributed by atoms with Crippen molar-refractivity contribution in [3.63, 3.8) is 0 Å². The number of nitrogens with one attached hydrogen (secondary N) is 2. The highest BCUT2D eigenvalue weighted by Gasteiger charge is 2.15. The van der Waals surface area contributed by atoms with Crippen LogP contribution in [0.5, 0.6) is 11.5 Å². The van der Waals surface area contributed by atoms with Gasteiger partial charge in [-0.25, -0.2) is 4.79 Å². The van der Waals surface area contributed by atoms with Gasteiger partial charge in [-0.15, -0.1) is 0 Å². The maximum absolute atomic E-state index is 12.3. The fourth-order valence-electron chi connectivity index (χ4n) is 2.68. The van der Waals surface area contributed by atoms with Crippen molar-refractivity contribution in [3.8, 4) is 11.5 Å². The maximum Gasteiger partial charge on any atom is 0.387 e. The number of alkyl halides is 2. The molecule has 2 aromatic carbocycles. The van der Waals surface area contributed by atoms with E-state index in [1.807, 2.05) is 38.1 Å². The molecule has 0 spiro atoms. The number of methoxy groups -OCH3 is 1. The molecule has 146 valence electrons. The molecule has 0 radical (unpaired) electrons. The van der Waals surface area contributed by atoms with Crippen molar-refractivity contribution in [2.45, 2.75) is 39.0 Å². The summed E-state index contributed by atoms with van der Waals surface area (Å²) in [5.41, 5.74) is 1.76. The van der Waals surface area contributed by atoms with Crippen molar-refractivity contribution in [2.75, 3.05) is 7.11 Å². The number of hydrogen-bond donors (Lipinski definition) is 2. The summed E-state index contributed by atoms with van der Waals surface area (Å²) in [4.78, 5) is 12.3. The second kappa shape index (κ2) is 9.75. The van der Waals surface area contributed by atoms with E-state index in [4.69, 9.17) is 4.74 Å². The summed E-state index contributed by atoms with van der Waals surface area (Å²) in [5.74, 6) is 0.835. The molecule has 0 saturated carbocycles. The predicted octanol–water partition coefficient (Wildman–Crippen LogP) is 4.81. The molecule has 0 bridgehead atoms. The summed E-state index contributed by atoms with van der Waals surface area (Å²) in [7, 11) is 1.60. The number of amides is 2. The number of ether oxygens (including phenoxy) is 2. The van der Waals surface area contributed by atoms with Crippen molar-refractivity contribution in [3.05, 3.63) is 59.7 Å². The number of halogens is 2. The highest BCUT2D eigenvalue weighted by atomic mass is 19.3. The zero-order chi connectivity index (χ0) is 19.8. The Morgan fingerprint density at radius 3 is 2.04 bits per heavy atom. The minimum absolute atomic E-state index is 0.0796. The Hall–Kier alpha value is -2.83. The molecule has 0 aliphatic heterocycles. The molecule has 0 fully saturated rings. The van der Waals surface area contributed by atoms with Crippen LogP contribution < -0.4 is 20.1 Å². The summed E-state index contributed by atoms with van der Waals surface area (Å²) in [5, 5.41) is 5.79. The SMILES string of the molecule is CCC(NC(=O)NC(C)c1ccc(OC(F)F)cc1)c1ccc(OC)cc1. The van der Waals surface area contributed by atoms with Crippen molar-refractivity contribution in [1.29, 1.82) is 0 Å². The van der Waals surface area contributed by atoms with Crippen LogP contribution in [0.4, 0.5) is 13.6 Å². The van der Waals surface area contributed by atoms with Crippen LogP contribution in [-0.4, -0.2) is 19.8 Å². The zero-order valence-electron chi connectivity index (χ0n) is 15.5. The van der Waals surface area contributed by atoms with Crippen LogP contribution in [0.3, 0.4) is 0 Å². The highest BCUT2D eigenvalue weighted by molar-refractivity contribution is 5.75. The third-order valence-corrected chi connectivity index (χ3v) is 4.18. The highest BCUT2D eigenvalue weighted by Crippen LogP contribution is 2.21. The Labute approximate surface area is 157 Å². The van der Waals surface area contributed by atoms with Gasteiger partial charge in [0.1, 0.15) is 11.5 Å². The summed E-state index contributed by atoms with van der Waals surface area (Å²) in [6, 6.07) is 13.0. The molecule has 2 rings (SSSR count). The lowest BCUT2D eigenvalue weighted by molar-refractivity contribution is -0.0498. The third kappa shape index (κ3) is 6.13. The number of urea groups is 1. The van der Waals surface area contributed by atoms with E-state index in [0.717, 1.165) is 23.3 Å². The van der Waals surface area contributed by atoms with E-state index < -0.39 is 6.61 Å². The first-order valence-corrected chi connectivity index (χ1v) is 8.68. The van der Waals surface area contributed by atoms with Crippen LogP contribution in [0.25, 0.3) is 0 Å². The van der Waals surface area contributed by atoms with E-state index in [2.05, 4.69) is 15.4 Å². The fourth-order valence-corrected chi connectivity index (χ4v) is 2.68. The molecule has 2 aromatic rings. The Morgan fingerprint density at radius 1 is 0.963 bits per heavy atom. The lowest BCUT2D eigenvalue weighted by Gasteiger charge is -2.21. The molecule has 0 aliphatic carbocycles. The fraction of sp³-hybridized carbons (Fsp3) is 0.350. The number of carbonyl (C=O) groups is 1. The number of carbonyl (C=O) groups excluding carboxylic acids is 1. The van der Waals surface area contributed by atoms with Gasteiger partial charge in [-0.2, -0.15) is 8.78 Å². The lowest BCUT2D eigenvalue weighted by Crippen LogP contribution is -2.39. The van der Waals surface area contributed by atoms with Crippen LogP contribution in [-0.2, 0) is 0 Å². The van der Waals surface area contributed by atoms with Crippen LogP contribution in [0.2, 0.25) is 0 Å². The van der Waals surface area contributed by atoms with Crippen molar-refractivity contribution in [2.24, 2.45) is 0 Å². The molecule has 0 saturated heterocycles. The molecule has 2 atom stereocenters. The molecular formula is C20H24F2N2O3. The van der Waals surface area contributed by atoms with Crippen LogP contribution in [0.1, 0.15) is 43.5 Å². The Balaban J connectivity index is 1.94. The van der Waals surface area contributed by atoms with Gasteiger partial charge in [0.05, 0.1) is 19.2 Å². The van der Waals surface area contributed by atoms with Crippen molar-refractivity contribution in [1.82, 2.24) is 10.6 Å². The van der Waals surface area contributed by atoms with Crippen molar-refractivity contribution < 1.29 is 23.0 Å². The summed E-state index contributed by atoms with van der Waals surface area (Å²) >= 11 is 0. The van der Waals surface area contributed by atoms with E-state index in [1.165, 1.54) is 12.1 Å². The molecule has 0 aromatic heterocycles. The maximum atomic E-state index is 12.3. The molecule has 0 aliphatic rings. The van der Waals surface area contributed by atoms with Gasteiger partial charge in [-0.3, -0.25) is 0 Å². The monoisotopic (exact) mass is 378 g/mol. The quantitative estimate of drug-likeness (QED) is 0.693. The van der Waals surface area contributed by atoms with Gasteiger partial charge >= 0.3 is 12.6 Å². The molecular weight excluding hydrogens is 354 g/mol. The zero-order valence-corrected chi connectivity index (χ0v) is 15.5. The summed E-state index contributed by atoms with van der Waals surface area (Å²) in [6.45, 7) is 0.943. The van der Waals surface area contributed by atoms with E-state index >= 15 is 0 Å². The topological polar surface area (TPSA) is 59.6 Å². The van der Waals surface area contributed by atoms with E-state index in [1.54, 1.807) is 19.2 Å². The minimum Gasteiger partial charge on any atom is -0.497 e. The molecule has 27 heavy (non-hydrogen) atoms. The summed E-state index contributed by atoms with van der Waals surface area (Å²) in [6.07, 6.45) is 0.730. The largest absolute Gasteiger partial charge is 0.497 e. The second-order valence-electron chi connectivity index (χ2n) is 6.02. The first kappa shape index (κ1) is 20.5. The van der Waals surface area contributed by atoms with Gasteiger partial charge < -0.3 is 20.1 Å². The van der Waals surface area contributed by atoms with Crippen molar-refractivity contribution >= 4 is 6.03 Å². The van der Waals surface area contributed by atoms with Gasteiger partial charge in [-0.05, 0) is 48.7 Å². The lowest BCUT2D eigenvalue weighted by atomic mass is 10.0. The normalized spacial score (nSPS) is 13.0. The van der Waals surface area contributed by atoms with Crippen LogP contribution in [0, 0.1) is 0 Å². The van der Waals surface area contributed by atoms with Gasteiger partial charge in [-0.1, -0.05) is 31.2 Å². The predicted molar refractivity (Wildman–Crippen MR) is 99.2 cm³/mol. The molecule has 2 amide bonds. The van der Waals surface area contributed by atoms with Gasteiger partial charge in [0, 0.05) is 0 Å². The Kier molecular flexibility index (Phi) is 7.40. The van der Waals surface area contributed by atoms with E-state index in [0.29, 0.717) is 0 Å². The molecule has 7 heteroatoms. The number of rotatable bonds is 8. The summed E-state index contributed by atoms with van der Waals surface area (Å²) < 4.78 is 33.9. The average Bonchev–Trinajstić information content (AvgIpc) is 2.66. The average molecular weight is 378 g/mol. The smallest absolute Gasteiger partial charge is 0.387 e. The standard InChI is InChI=1S/C20H24F2N2O3/c1-4-18(15-7-9-16(26-3)10-8-15)24-20(25)23-13(2)14-5-11-17(12-6-14)27-19(21)22/h5-13,18-19H,4H2,1-3H3,(H2,23,24,25). The first-order chi connectivity index (χ1) is 12.9. The molecule has 2 N–H and O–H groups in total. The van der Waals surface area contributed by atoms with Crippen LogP contribution >= 0.6 is 0 Å². The Bertz CT molecular complexity index is 721. The minimum atomic E-state index is -2.86. The molecule has 2 unspecified atom stereocenters. The van der Waals surface area contributed by atoms with Crippen LogP contribution in [0.15, 0.2) is 48.5 Å². The van der Waals surface area contributed by atoms with E-state index in [9.17, 15) is 13.6 Å². The molecule has 0 heterocycles. The van der Waals surface area contributed by atoms with Gasteiger partial charge in [0.15, 0.2) is 0 Å². The number of hydrogen-bond acceptors (Lipinski definition) is 3. The third-order valence-electron chi connectivity index (χ3n) is 4.18. The van der Waals surface area contributed by atoms with E-state index in [-0.39, 0.29) is 23.9 Å². The first-order valence-electron chi connectivity index (χ1n) is 8.68. The Morgan fingerprint density at radius 2 is 1.52 bits per heavy atom. The second-order valence-corrected chi connectivity index (χ2v) is 6.02. The number of benzene rings is 2. The van der Waals surface area contributed by atoms with Gasteiger partial charge in [0.2, 0.25) is 0 Å². The molecule has 5 nitrogen and oxygen atoms in total.